The van der Waals surface area contributed by atoms with Crippen LogP contribution in [0.2, 0.25) is 0 Å². The van der Waals surface area contributed by atoms with Crippen LogP contribution < -0.4 is 27.4 Å². The summed E-state index contributed by atoms with van der Waals surface area (Å²) in [5, 5.41) is 17.9. The van der Waals surface area contributed by atoms with Gasteiger partial charge >= 0.3 is 12.4 Å². The molecule has 17 heteroatoms. The number of carbonyl (C=O) groups is 5. The van der Waals surface area contributed by atoms with E-state index in [1.807, 2.05) is 0 Å². The number of guanidine groups is 1. The molecule has 4 amide bonds. The molecule has 0 radical (unpaired) electrons. The summed E-state index contributed by atoms with van der Waals surface area (Å²) in [5.41, 5.74) is 10.3. The van der Waals surface area contributed by atoms with E-state index in [0.29, 0.717) is 37.4 Å². The second-order valence-corrected chi connectivity index (χ2v) is 12.0. The normalized spacial score (nSPS) is 29.7. The van der Waals surface area contributed by atoms with Crippen molar-refractivity contribution in [1.29, 1.82) is 0 Å². The van der Waals surface area contributed by atoms with Gasteiger partial charge in [-0.15, -0.1) is 11.8 Å². The summed E-state index contributed by atoms with van der Waals surface area (Å²) >= 11 is 1.30. The van der Waals surface area contributed by atoms with Crippen molar-refractivity contribution in [2.75, 3.05) is 26.2 Å². The molecule has 7 atom stereocenters. The standard InChI is InChI=1S/C24H34F2N8O6S/c1-9-16-15(10(2)31-20(36)19(25)26)22(38)34(16)17(23(39)40)18(9)41-12-5-13(29-6-12)21(37)33-4-3-11(8-33)32-14(35)7-30-24(27)28/h9-13,15-16,19,29H,3-8H2,1-2H3,(H,31,36)(H,32,35)(H,39,40)(H4,27,28,30)/t9-,10-,11+,12+,13+,15-,16-/m1/s1. The lowest BCUT2D eigenvalue weighted by molar-refractivity contribution is -0.159. The highest BCUT2D eigenvalue weighted by Gasteiger charge is 2.60. The number of thioether (sulfide) groups is 1. The van der Waals surface area contributed by atoms with Gasteiger partial charge in [-0.2, -0.15) is 8.78 Å². The molecule has 3 fully saturated rings. The van der Waals surface area contributed by atoms with Crippen molar-refractivity contribution in [3.63, 3.8) is 0 Å². The first kappa shape index (κ1) is 30.5. The number of fused-ring (bicyclic) bond motifs is 1. The van der Waals surface area contributed by atoms with Crippen molar-refractivity contribution in [3.8, 4) is 0 Å². The molecule has 0 bridgehead atoms. The van der Waals surface area contributed by atoms with Gasteiger partial charge in [0.2, 0.25) is 17.7 Å². The maximum atomic E-state index is 13.2. The zero-order valence-corrected chi connectivity index (χ0v) is 23.3. The Morgan fingerprint density at radius 1 is 1.27 bits per heavy atom. The van der Waals surface area contributed by atoms with Crippen LogP contribution in [-0.4, -0.2) is 112 Å². The predicted molar refractivity (Wildman–Crippen MR) is 143 cm³/mol. The second-order valence-electron chi connectivity index (χ2n) is 10.6. The number of aliphatic carboxylic acids is 1. The van der Waals surface area contributed by atoms with E-state index in [1.54, 1.807) is 11.8 Å². The first-order valence-corrected chi connectivity index (χ1v) is 14.1. The Hall–Kier alpha value is -3.47. The molecule has 41 heavy (non-hydrogen) atoms. The molecular weight excluding hydrogens is 566 g/mol. The van der Waals surface area contributed by atoms with E-state index in [0.717, 1.165) is 0 Å². The van der Waals surface area contributed by atoms with Crippen molar-refractivity contribution in [2.24, 2.45) is 28.3 Å². The lowest BCUT2D eigenvalue weighted by atomic mass is 9.78. The third-order valence-corrected chi connectivity index (χ3v) is 9.36. The van der Waals surface area contributed by atoms with Crippen LogP contribution >= 0.6 is 11.8 Å². The van der Waals surface area contributed by atoms with Crippen molar-refractivity contribution in [2.45, 2.75) is 62.5 Å². The topological polar surface area (TPSA) is 213 Å². The highest BCUT2D eigenvalue weighted by molar-refractivity contribution is 8.03. The molecule has 0 unspecified atom stereocenters. The molecule has 0 saturated carbocycles. The molecule has 4 heterocycles. The SMILES string of the molecule is C[C@@H](NC(=O)C(F)F)[C@H]1C(=O)N2C(C(=O)O)=C(S[C@@H]3CN[C@H](C(=O)N4CC[C@H](NC(=O)CN=C(N)N)C4)C3)[C@H](C)[C@H]12. The minimum Gasteiger partial charge on any atom is -0.477 e. The van der Waals surface area contributed by atoms with E-state index in [2.05, 4.69) is 20.9 Å². The molecule has 3 saturated heterocycles. The predicted octanol–water partition coefficient (Wildman–Crippen LogP) is -2.02. The van der Waals surface area contributed by atoms with Crippen molar-refractivity contribution < 1.29 is 37.9 Å². The number of nitrogens with zero attached hydrogens (tertiary/aromatic N) is 3. The summed E-state index contributed by atoms with van der Waals surface area (Å²) in [6.45, 7) is 4.26. The summed E-state index contributed by atoms with van der Waals surface area (Å²) in [6, 6.07) is -2.20. The minimum atomic E-state index is -3.23. The van der Waals surface area contributed by atoms with E-state index in [-0.39, 0.29) is 41.3 Å². The molecule has 0 aromatic heterocycles. The first-order valence-electron chi connectivity index (χ1n) is 13.2. The quantitative estimate of drug-likeness (QED) is 0.0920. The Morgan fingerprint density at radius 2 is 1.98 bits per heavy atom. The third-order valence-electron chi connectivity index (χ3n) is 7.85. The van der Waals surface area contributed by atoms with Gasteiger partial charge in [-0.1, -0.05) is 6.92 Å². The number of carboxylic acid groups (broad SMARTS) is 1. The van der Waals surface area contributed by atoms with Crippen LogP contribution in [0, 0.1) is 11.8 Å². The third kappa shape index (κ3) is 6.24. The maximum Gasteiger partial charge on any atom is 0.353 e. The van der Waals surface area contributed by atoms with Gasteiger partial charge in [0.1, 0.15) is 12.2 Å². The summed E-state index contributed by atoms with van der Waals surface area (Å²) in [7, 11) is 0. The average Bonchev–Trinajstić information content (AvgIpc) is 3.61. The van der Waals surface area contributed by atoms with Crippen LogP contribution in [0.15, 0.2) is 15.6 Å². The van der Waals surface area contributed by atoms with Gasteiger partial charge < -0.3 is 42.3 Å². The van der Waals surface area contributed by atoms with Crippen molar-refractivity contribution in [3.05, 3.63) is 10.6 Å². The van der Waals surface area contributed by atoms with E-state index in [1.165, 1.54) is 23.6 Å². The van der Waals surface area contributed by atoms with E-state index in [9.17, 15) is 37.9 Å². The number of hydrogen-bond acceptors (Lipinski definition) is 8. The first-order chi connectivity index (χ1) is 19.3. The maximum absolute atomic E-state index is 13.2. The Bertz CT molecular complexity index is 1180. The van der Waals surface area contributed by atoms with E-state index >= 15 is 0 Å². The number of amides is 4. The smallest absolute Gasteiger partial charge is 0.353 e. The summed E-state index contributed by atoms with van der Waals surface area (Å²) in [6.07, 6.45) is -2.22. The van der Waals surface area contributed by atoms with Gasteiger partial charge in [0.25, 0.3) is 5.91 Å². The lowest BCUT2D eigenvalue weighted by Crippen LogP contribution is -2.66. The molecule has 0 aromatic rings. The van der Waals surface area contributed by atoms with Crippen molar-refractivity contribution in [1.82, 2.24) is 25.8 Å². The van der Waals surface area contributed by atoms with Gasteiger partial charge in [0.05, 0.1) is 18.0 Å². The number of rotatable bonds is 10. The summed E-state index contributed by atoms with van der Waals surface area (Å²) in [4.78, 5) is 68.7. The molecule has 0 aliphatic carbocycles. The number of carbonyl (C=O) groups excluding carboxylic acids is 4. The van der Waals surface area contributed by atoms with Gasteiger partial charge in [-0.3, -0.25) is 19.2 Å². The van der Waals surface area contributed by atoms with Crippen molar-refractivity contribution >= 4 is 47.3 Å². The minimum absolute atomic E-state index is 0.122. The Balaban J connectivity index is 1.35. The number of nitrogens with one attached hydrogen (secondary N) is 3. The molecular formula is C24H34F2N8O6S. The average molecular weight is 601 g/mol. The summed E-state index contributed by atoms with van der Waals surface area (Å²) in [5.74, 6) is -5.20. The number of carboxylic acids is 1. The molecule has 226 valence electrons. The Morgan fingerprint density at radius 3 is 2.61 bits per heavy atom. The van der Waals surface area contributed by atoms with Crippen LogP contribution in [0.25, 0.3) is 0 Å². The Labute approximate surface area is 238 Å². The van der Waals surface area contributed by atoms with Gasteiger partial charge in [0, 0.05) is 47.8 Å². The highest BCUT2D eigenvalue weighted by Crippen LogP contribution is 2.51. The lowest BCUT2D eigenvalue weighted by Gasteiger charge is -2.47. The monoisotopic (exact) mass is 600 g/mol. The number of hydrogen-bond donors (Lipinski definition) is 6. The number of β-lactam (4-membered cyclic amide) rings is 1. The molecule has 0 spiro atoms. The highest BCUT2D eigenvalue weighted by atomic mass is 32.2. The Kier molecular flexibility index (Phi) is 9.06. The van der Waals surface area contributed by atoms with Crippen LogP contribution in [0.1, 0.15) is 26.7 Å². The summed E-state index contributed by atoms with van der Waals surface area (Å²) < 4.78 is 25.4. The number of nitrogens with two attached hydrogens (primary N) is 2. The fourth-order valence-corrected chi connectivity index (χ4v) is 7.45. The molecule has 14 nitrogen and oxygen atoms in total. The number of aliphatic imine (C=N–C) groups is 1. The molecule has 4 rings (SSSR count). The van der Waals surface area contributed by atoms with Gasteiger partial charge in [-0.05, 0) is 19.8 Å². The van der Waals surface area contributed by atoms with Gasteiger partial charge in [-0.25, -0.2) is 9.79 Å². The molecule has 4 aliphatic heterocycles. The largest absolute Gasteiger partial charge is 0.477 e. The van der Waals surface area contributed by atoms with Gasteiger partial charge in [0.15, 0.2) is 5.96 Å². The molecule has 4 aliphatic rings. The molecule has 0 aromatic carbocycles. The van der Waals surface area contributed by atoms with E-state index < -0.39 is 54.2 Å². The second kappa shape index (κ2) is 12.2. The zero-order valence-electron chi connectivity index (χ0n) is 22.5. The molecule has 8 N–H and O–H groups in total. The van der Waals surface area contributed by atoms with Crippen LogP contribution in [0.4, 0.5) is 8.78 Å². The van der Waals surface area contributed by atoms with Crippen LogP contribution in [-0.2, 0) is 24.0 Å². The number of likely N-dealkylation sites (tertiary alicyclic amines) is 1. The van der Waals surface area contributed by atoms with E-state index in [4.69, 9.17) is 11.5 Å². The number of halogens is 2. The van der Waals surface area contributed by atoms with Crippen LogP contribution in [0.3, 0.4) is 0 Å². The zero-order chi connectivity index (χ0) is 30.2. The number of alkyl halides is 2. The fraction of sp³-hybridized carbons (Fsp3) is 0.667. The fourth-order valence-electron chi connectivity index (χ4n) is 5.97. The van der Waals surface area contributed by atoms with Crippen LogP contribution in [0.5, 0.6) is 0 Å².